The van der Waals surface area contributed by atoms with Crippen LogP contribution in [0.1, 0.15) is 35.8 Å². The molecule has 0 aliphatic rings. The number of aliphatic carboxylic acids is 1. The van der Waals surface area contributed by atoms with Crippen LogP contribution in [0.25, 0.3) is 0 Å². The zero-order chi connectivity index (χ0) is 20.7. The van der Waals surface area contributed by atoms with Gasteiger partial charge in [0.1, 0.15) is 0 Å². The van der Waals surface area contributed by atoms with Crippen molar-refractivity contribution in [2.75, 3.05) is 4.90 Å². The summed E-state index contributed by atoms with van der Waals surface area (Å²) in [5.41, 5.74) is 2.05. The van der Waals surface area contributed by atoms with Gasteiger partial charge in [0, 0.05) is 10.2 Å². The zero-order valence-electron chi connectivity index (χ0n) is 15.0. The van der Waals surface area contributed by atoms with E-state index in [1.54, 1.807) is 24.3 Å². The third-order valence-corrected chi connectivity index (χ3v) is 5.24. The van der Waals surface area contributed by atoms with Crippen molar-refractivity contribution in [2.24, 2.45) is 0 Å². The van der Waals surface area contributed by atoms with Gasteiger partial charge in [-0.1, -0.05) is 40.2 Å². The van der Waals surface area contributed by atoms with Crippen molar-refractivity contribution < 1.29 is 24.9 Å². The van der Waals surface area contributed by atoms with E-state index in [9.17, 15) is 19.8 Å². The molecule has 150 valence electrons. The van der Waals surface area contributed by atoms with Crippen molar-refractivity contribution in [1.82, 2.24) is 0 Å². The largest absolute Gasteiger partial charge is 0.481 e. The molecule has 2 aromatic rings. The molecule has 0 aliphatic heterocycles. The fraction of sp³-hybridized carbons (Fsp3) is 0.300. The predicted octanol–water partition coefficient (Wildman–Crippen LogP) is 5.03. The van der Waals surface area contributed by atoms with Crippen LogP contribution in [0.15, 0.2) is 53.0 Å². The maximum Gasteiger partial charge on any atom is 0.412 e. The molecule has 2 aromatic carbocycles. The average Bonchev–Trinajstić information content (AvgIpc) is 2.64. The molecule has 1 amide bonds. The molecule has 2 atom stereocenters. The number of carboxylic acids is 1. The highest BCUT2D eigenvalue weighted by molar-refractivity contribution is 9.10. The van der Waals surface area contributed by atoms with E-state index in [-0.39, 0.29) is 19.4 Å². The number of alkyl halides is 1. The topological polar surface area (TPSA) is 98.1 Å². The second kappa shape index (κ2) is 10.5. The number of halogens is 2. The lowest BCUT2D eigenvalue weighted by Crippen LogP contribution is -2.29. The molecule has 0 bridgehead atoms. The molecule has 3 N–H and O–H groups in total. The number of aliphatic hydroxyl groups excluding tert-OH is 1. The fourth-order valence-corrected chi connectivity index (χ4v) is 3.45. The molecule has 28 heavy (non-hydrogen) atoms. The fourth-order valence-electron chi connectivity index (χ4n) is 2.84. The Kier molecular flexibility index (Phi) is 8.29. The Morgan fingerprint density at radius 3 is 2.29 bits per heavy atom. The molecule has 0 radical (unpaired) electrons. The van der Waals surface area contributed by atoms with Crippen LogP contribution < -0.4 is 4.90 Å². The van der Waals surface area contributed by atoms with Crippen molar-refractivity contribution in [2.45, 2.75) is 37.3 Å². The van der Waals surface area contributed by atoms with Gasteiger partial charge in [0.2, 0.25) is 0 Å². The van der Waals surface area contributed by atoms with E-state index in [0.29, 0.717) is 12.1 Å². The number of amides is 1. The van der Waals surface area contributed by atoms with Crippen molar-refractivity contribution >= 4 is 45.3 Å². The SMILES string of the molecule is O=C(O)CC(O)CCC(Cl)c1ccccc1CN(C(=O)O)c1ccc(Br)cc1. The third-order valence-electron chi connectivity index (χ3n) is 4.25. The Hall–Kier alpha value is -2.09. The number of nitrogens with zero attached hydrogens (tertiary/aromatic N) is 1. The van der Waals surface area contributed by atoms with Gasteiger partial charge >= 0.3 is 12.1 Å². The van der Waals surface area contributed by atoms with E-state index in [0.717, 1.165) is 15.6 Å². The van der Waals surface area contributed by atoms with E-state index in [1.807, 2.05) is 24.3 Å². The van der Waals surface area contributed by atoms with Gasteiger partial charge < -0.3 is 15.3 Å². The maximum atomic E-state index is 11.8. The van der Waals surface area contributed by atoms with Crippen LogP contribution >= 0.6 is 27.5 Å². The first-order valence-corrected chi connectivity index (χ1v) is 9.88. The van der Waals surface area contributed by atoms with Gasteiger partial charge in [0.25, 0.3) is 0 Å². The first-order valence-electron chi connectivity index (χ1n) is 8.65. The van der Waals surface area contributed by atoms with Gasteiger partial charge in [-0.25, -0.2) is 4.79 Å². The summed E-state index contributed by atoms with van der Waals surface area (Å²) in [6, 6.07) is 14.2. The Labute approximate surface area is 176 Å². The monoisotopic (exact) mass is 469 g/mol. The third kappa shape index (κ3) is 6.51. The molecular weight excluding hydrogens is 450 g/mol. The lowest BCUT2D eigenvalue weighted by atomic mass is 9.99. The van der Waals surface area contributed by atoms with Gasteiger partial charge in [0.15, 0.2) is 0 Å². The normalized spacial score (nSPS) is 13.0. The van der Waals surface area contributed by atoms with Crippen LogP contribution in [0.4, 0.5) is 10.5 Å². The standard InChI is InChI=1S/C20H21BrClNO5/c21-14-5-7-15(8-6-14)23(20(27)28)12-13-3-1-2-4-17(13)18(22)10-9-16(24)11-19(25)26/h1-8,16,18,24H,9-12H2,(H,25,26)(H,27,28). The molecule has 2 unspecified atom stereocenters. The molecule has 0 saturated carbocycles. The first-order chi connectivity index (χ1) is 13.3. The highest BCUT2D eigenvalue weighted by Gasteiger charge is 2.20. The molecule has 6 nitrogen and oxygen atoms in total. The van der Waals surface area contributed by atoms with E-state index >= 15 is 0 Å². The maximum absolute atomic E-state index is 11.8. The Bertz CT molecular complexity index is 814. The number of carboxylic acid groups (broad SMARTS) is 2. The number of carbonyl (C=O) groups is 2. The highest BCUT2D eigenvalue weighted by atomic mass is 79.9. The summed E-state index contributed by atoms with van der Waals surface area (Å²) in [7, 11) is 0. The van der Waals surface area contributed by atoms with Crippen molar-refractivity contribution in [3.05, 3.63) is 64.1 Å². The summed E-state index contributed by atoms with van der Waals surface area (Å²) in [6.07, 6.45) is -1.77. The van der Waals surface area contributed by atoms with Crippen LogP contribution in [0.3, 0.4) is 0 Å². The molecule has 0 fully saturated rings. The molecule has 0 aliphatic carbocycles. The summed E-state index contributed by atoms with van der Waals surface area (Å²) in [4.78, 5) is 23.7. The van der Waals surface area contributed by atoms with Crippen LogP contribution in [-0.4, -0.2) is 33.5 Å². The van der Waals surface area contributed by atoms with Crippen molar-refractivity contribution in [3.63, 3.8) is 0 Å². The number of anilines is 1. The highest BCUT2D eigenvalue weighted by Crippen LogP contribution is 2.31. The van der Waals surface area contributed by atoms with E-state index in [4.69, 9.17) is 16.7 Å². The van der Waals surface area contributed by atoms with Crippen LogP contribution in [0.2, 0.25) is 0 Å². The van der Waals surface area contributed by atoms with E-state index < -0.39 is 23.5 Å². The minimum absolute atomic E-state index is 0.119. The summed E-state index contributed by atoms with van der Waals surface area (Å²) in [5.74, 6) is -1.06. The van der Waals surface area contributed by atoms with Gasteiger partial charge in [-0.05, 0) is 48.2 Å². The molecule has 0 saturated heterocycles. The summed E-state index contributed by atoms with van der Waals surface area (Å²) in [6.45, 7) is 0.119. The molecular formula is C20H21BrClNO5. The summed E-state index contributed by atoms with van der Waals surface area (Å²) >= 11 is 9.82. The number of hydrogen-bond donors (Lipinski definition) is 3. The van der Waals surface area contributed by atoms with Gasteiger partial charge in [-0.15, -0.1) is 11.6 Å². The van der Waals surface area contributed by atoms with Crippen LogP contribution in [0, 0.1) is 0 Å². The first kappa shape index (κ1) is 22.2. The van der Waals surface area contributed by atoms with Gasteiger partial charge in [-0.2, -0.15) is 0 Å². The Balaban J connectivity index is 2.16. The Morgan fingerprint density at radius 2 is 1.68 bits per heavy atom. The molecule has 0 spiro atoms. The van der Waals surface area contributed by atoms with Gasteiger partial charge in [0.05, 0.1) is 24.4 Å². The predicted molar refractivity (Wildman–Crippen MR) is 111 cm³/mol. The number of hydrogen-bond acceptors (Lipinski definition) is 3. The van der Waals surface area contributed by atoms with Crippen molar-refractivity contribution in [3.8, 4) is 0 Å². The van der Waals surface area contributed by atoms with Gasteiger partial charge in [-0.3, -0.25) is 9.69 Å². The number of benzene rings is 2. The average molecular weight is 471 g/mol. The molecule has 0 heterocycles. The minimum Gasteiger partial charge on any atom is -0.481 e. The quantitative estimate of drug-likeness (QED) is 0.447. The van der Waals surface area contributed by atoms with E-state index in [2.05, 4.69) is 15.9 Å². The molecule has 8 heteroatoms. The smallest absolute Gasteiger partial charge is 0.412 e. The number of aliphatic hydroxyl groups is 1. The lowest BCUT2D eigenvalue weighted by Gasteiger charge is -2.23. The second-order valence-corrected chi connectivity index (χ2v) is 7.78. The van der Waals surface area contributed by atoms with Crippen LogP contribution in [-0.2, 0) is 11.3 Å². The van der Waals surface area contributed by atoms with Crippen molar-refractivity contribution in [1.29, 1.82) is 0 Å². The zero-order valence-corrected chi connectivity index (χ0v) is 17.3. The van der Waals surface area contributed by atoms with Crippen LogP contribution in [0.5, 0.6) is 0 Å². The molecule has 0 aromatic heterocycles. The summed E-state index contributed by atoms with van der Waals surface area (Å²) in [5, 5.41) is 27.6. The molecule has 2 rings (SSSR count). The minimum atomic E-state index is -1.08. The van der Waals surface area contributed by atoms with E-state index in [1.165, 1.54) is 4.90 Å². The lowest BCUT2D eigenvalue weighted by molar-refractivity contribution is -0.139. The number of rotatable bonds is 9. The Morgan fingerprint density at radius 1 is 1.04 bits per heavy atom. The second-order valence-electron chi connectivity index (χ2n) is 6.34. The summed E-state index contributed by atoms with van der Waals surface area (Å²) < 4.78 is 0.850.